The number of carbonyl (C=O) groups is 1. The lowest BCUT2D eigenvalue weighted by atomic mass is 9.97. The van der Waals surface area contributed by atoms with Crippen molar-refractivity contribution in [2.45, 2.75) is 31.2 Å². The molecule has 0 bridgehead atoms. The lowest BCUT2D eigenvalue weighted by molar-refractivity contribution is -0.158. The number of aromatic nitrogens is 2. The summed E-state index contributed by atoms with van der Waals surface area (Å²) in [5, 5.41) is 7.27. The maximum atomic E-state index is 12.4. The highest BCUT2D eigenvalue weighted by Crippen LogP contribution is 2.34. The number of rotatable bonds is 5. The zero-order valence-electron chi connectivity index (χ0n) is 13.4. The van der Waals surface area contributed by atoms with Gasteiger partial charge in [-0.25, -0.2) is 0 Å². The van der Waals surface area contributed by atoms with Gasteiger partial charge in [-0.05, 0) is 12.8 Å². The molecule has 0 unspecified atom stereocenters. The summed E-state index contributed by atoms with van der Waals surface area (Å²) in [4.78, 5) is 12.9. The molecule has 0 radical (unpaired) electrons. The van der Waals surface area contributed by atoms with Gasteiger partial charge in [-0.2, -0.15) is 18.3 Å². The quantitative estimate of drug-likeness (QED) is 0.872. The van der Waals surface area contributed by atoms with Crippen LogP contribution in [-0.2, 0) is 16.6 Å². The Labute approximate surface area is 137 Å². The van der Waals surface area contributed by atoms with E-state index in [-0.39, 0.29) is 18.6 Å². The van der Waals surface area contributed by atoms with Crippen molar-refractivity contribution in [2.75, 3.05) is 26.2 Å². The van der Waals surface area contributed by atoms with Crippen LogP contribution in [0.1, 0.15) is 24.5 Å². The monoisotopic (exact) mass is 346 g/mol. The second-order valence-corrected chi connectivity index (χ2v) is 6.41. The number of ether oxygens (including phenoxy) is 1. The highest BCUT2D eigenvalue weighted by atomic mass is 19.4. The normalized spacial score (nSPS) is 28.1. The number of hydrogen-bond donors (Lipinski definition) is 1. The molecule has 1 aromatic heterocycles. The van der Waals surface area contributed by atoms with E-state index >= 15 is 0 Å². The van der Waals surface area contributed by atoms with E-state index in [4.69, 9.17) is 4.74 Å². The van der Waals surface area contributed by atoms with E-state index in [9.17, 15) is 18.0 Å². The van der Waals surface area contributed by atoms with Gasteiger partial charge in [0.15, 0.2) is 0 Å². The third-order valence-corrected chi connectivity index (χ3v) is 4.56. The second kappa shape index (κ2) is 6.72. The summed E-state index contributed by atoms with van der Waals surface area (Å²) in [7, 11) is 1.83. The van der Waals surface area contributed by atoms with Crippen molar-refractivity contribution >= 4 is 5.91 Å². The molecule has 6 nitrogen and oxygen atoms in total. The molecule has 3 rings (SSSR count). The Balaban J connectivity index is 1.53. The minimum absolute atomic E-state index is 0.0889. The molecule has 1 N–H and O–H groups in total. The number of carbonyl (C=O) groups excluding carboxylic acids is 1. The summed E-state index contributed by atoms with van der Waals surface area (Å²) in [6.07, 6.45) is 0.465. The first-order valence-corrected chi connectivity index (χ1v) is 8.02. The van der Waals surface area contributed by atoms with Crippen molar-refractivity contribution in [2.24, 2.45) is 13.0 Å². The molecule has 1 aromatic rings. The molecule has 2 aliphatic rings. The second-order valence-electron chi connectivity index (χ2n) is 6.41. The van der Waals surface area contributed by atoms with Crippen LogP contribution in [0.25, 0.3) is 0 Å². The third-order valence-electron chi connectivity index (χ3n) is 4.56. The fourth-order valence-corrected chi connectivity index (χ4v) is 3.39. The van der Waals surface area contributed by atoms with Crippen LogP contribution < -0.4 is 5.32 Å². The fraction of sp³-hybridized carbons (Fsp3) is 0.733. The Bertz CT molecular complexity index is 590. The Hall–Kier alpha value is -1.61. The molecule has 2 saturated heterocycles. The molecule has 134 valence electrons. The minimum atomic E-state index is -4.35. The SMILES string of the molecule is Cn1cc([C@@H]2OCC[C@@H]2CN[C@@H]2CCN(CC(F)(F)F)C2=O)cn1. The van der Waals surface area contributed by atoms with Crippen LogP contribution in [0.3, 0.4) is 0 Å². The van der Waals surface area contributed by atoms with Gasteiger partial charge in [0, 0.05) is 44.4 Å². The molecule has 2 aliphatic heterocycles. The van der Waals surface area contributed by atoms with Crippen LogP contribution in [0.4, 0.5) is 13.2 Å². The summed E-state index contributed by atoms with van der Waals surface area (Å²) in [6, 6.07) is -0.539. The summed E-state index contributed by atoms with van der Waals surface area (Å²) < 4.78 is 44.8. The first kappa shape index (κ1) is 17.2. The lowest BCUT2D eigenvalue weighted by Crippen LogP contribution is -2.43. The van der Waals surface area contributed by atoms with E-state index in [2.05, 4.69) is 10.4 Å². The predicted molar refractivity (Wildman–Crippen MR) is 79.1 cm³/mol. The van der Waals surface area contributed by atoms with E-state index < -0.39 is 24.7 Å². The topological polar surface area (TPSA) is 59.4 Å². The lowest BCUT2D eigenvalue weighted by Gasteiger charge is -2.21. The van der Waals surface area contributed by atoms with Gasteiger partial charge in [-0.3, -0.25) is 9.48 Å². The van der Waals surface area contributed by atoms with Gasteiger partial charge in [0.05, 0.1) is 18.3 Å². The number of halogens is 3. The van der Waals surface area contributed by atoms with Crippen LogP contribution in [0, 0.1) is 5.92 Å². The number of nitrogens with zero attached hydrogens (tertiary/aromatic N) is 3. The third kappa shape index (κ3) is 3.89. The number of likely N-dealkylation sites (tertiary alicyclic amines) is 1. The van der Waals surface area contributed by atoms with Gasteiger partial charge in [0.2, 0.25) is 5.91 Å². The molecule has 9 heteroatoms. The number of hydrogen-bond acceptors (Lipinski definition) is 4. The smallest absolute Gasteiger partial charge is 0.373 e. The van der Waals surface area contributed by atoms with Crippen molar-refractivity contribution in [3.8, 4) is 0 Å². The maximum absolute atomic E-state index is 12.4. The number of aryl methyl sites for hydroxylation is 1. The zero-order valence-corrected chi connectivity index (χ0v) is 13.4. The van der Waals surface area contributed by atoms with E-state index in [1.807, 2.05) is 13.2 Å². The summed E-state index contributed by atoms with van der Waals surface area (Å²) in [6.45, 7) is 0.138. The molecule has 0 aromatic carbocycles. The average molecular weight is 346 g/mol. The molecule has 0 aliphatic carbocycles. The number of amides is 1. The van der Waals surface area contributed by atoms with Gasteiger partial charge in [-0.15, -0.1) is 0 Å². The first-order chi connectivity index (χ1) is 11.3. The predicted octanol–water partition coefficient (Wildman–Crippen LogP) is 1.25. The molecular formula is C15H21F3N4O2. The van der Waals surface area contributed by atoms with Gasteiger partial charge < -0.3 is 15.0 Å². The Kier molecular flexibility index (Phi) is 4.82. The standard InChI is InChI=1S/C15H21F3N4O2/c1-21-8-11(7-20-21)13-10(3-5-24-13)6-19-12-2-4-22(14(12)23)9-15(16,17)18/h7-8,10,12-13,19H,2-6,9H2,1H3/t10-,12-,13-/m1/s1. The van der Waals surface area contributed by atoms with Crippen LogP contribution in [0.15, 0.2) is 12.4 Å². The van der Waals surface area contributed by atoms with Crippen LogP contribution >= 0.6 is 0 Å². The average Bonchev–Trinajstić information content (AvgIpc) is 3.18. The number of nitrogens with one attached hydrogen (secondary N) is 1. The van der Waals surface area contributed by atoms with Gasteiger partial charge in [-0.1, -0.05) is 0 Å². The van der Waals surface area contributed by atoms with E-state index in [0.717, 1.165) is 16.9 Å². The summed E-state index contributed by atoms with van der Waals surface area (Å²) >= 11 is 0. The minimum Gasteiger partial charge on any atom is -0.373 e. The van der Waals surface area contributed by atoms with Gasteiger partial charge >= 0.3 is 6.18 Å². The zero-order chi connectivity index (χ0) is 17.3. The number of alkyl halides is 3. The molecule has 0 spiro atoms. The van der Waals surface area contributed by atoms with Crippen LogP contribution in [-0.4, -0.2) is 59.0 Å². The highest BCUT2D eigenvalue weighted by Gasteiger charge is 2.40. The van der Waals surface area contributed by atoms with Crippen molar-refractivity contribution in [1.29, 1.82) is 0 Å². The fourth-order valence-electron chi connectivity index (χ4n) is 3.39. The van der Waals surface area contributed by atoms with Crippen LogP contribution in [0.5, 0.6) is 0 Å². The molecule has 1 amide bonds. The molecule has 0 saturated carbocycles. The maximum Gasteiger partial charge on any atom is 0.406 e. The summed E-state index contributed by atoms with van der Waals surface area (Å²) in [5.74, 6) is -0.289. The molecular weight excluding hydrogens is 325 g/mol. The molecule has 3 atom stereocenters. The highest BCUT2D eigenvalue weighted by molar-refractivity contribution is 5.84. The first-order valence-electron chi connectivity index (χ1n) is 8.02. The summed E-state index contributed by atoms with van der Waals surface area (Å²) in [5.41, 5.74) is 0.984. The van der Waals surface area contributed by atoms with E-state index in [1.165, 1.54) is 0 Å². The van der Waals surface area contributed by atoms with E-state index in [1.54, 1.807) is 10.9 Å². The largest absolute Gasteiger partial charge is 0.406 e. The molecule has 2 fully saturated rings. The Morgan fingerprint density at radius 2 is 2.21 bits per heavy atom. The van der Waals surface area contributed by atoms with Crippen molar-refractivity contribution in [1.82, 2.24) is 20.0 Å². The van der Waals surface area contributed by atoms with Gasteiger partial charge in [0.1, 0.15) is 6.54 Å². The van der Waals surface area contributed by atoms with Gasteiger partial charge in [0.25, 0.3) is 0 Å². The van der Waals surface area contributed by atoms with Crippen molar-refractivity contribution in [3.63, 3.8) is 0 Å². The Morgan fingerprint density at radius 1 is 1.42 bits per heavy atom. The van der Waals surface area contributed by atoms with Crippen LogP contribution in [0.2, 0.25) is 0 Å². The molecule has 3 heterocycles. The van der Waals surface area contributed by atoms with Crippen molar-refractivity contribution < 1.29 is 22.7 Å². The van der Waals surface area contributed by atoms with E-state index in [0.29, 0.717) is 19.6 Å². The molecule has 24 heavy (non-hydrogen) atoms. The van der Waals surface area contributed by atoms with Crippen molar-refractivity contribution in [3.05, 3.63) is 18.0 Å². The Morgan fingerprint density at radius 3 is 2.88 bits per heavy atom.